The van der Waals surface area contributed by atoms with E-state index in [0.29, 0.717) is 13.2 Å². The summed E-state index contributed by atoms with van der Waals surface area (Å²) in [6.07, 6.45) is 0. The minimum absolute atomic E-state index is 0.376. The first-order chi connectivity index (χ1) is 15.8. The number of nitrogens with zero attached hydrogens (tertiary/aromatic N) is 1. The average molecular weight is 474 g/mol. The van der Waals surface area contributed by atoms with Crippen molar-refractivity contribution in [2.45, 2.75) is 39.0 Å². The van der Waals surface area contributed by atoms with Crippen molar-refractivity contribution in [2.75, 3.05) is 6.61 Å². The third-order valence-electron chi connectivity index (χ3n) is 5.15. The lowest BCUT2D eigenvalue weighted by Crippen LogP contribution is -2.26. The average Bonchev–Trinajstić information content (AvgIpc) is 3.16. The van der Waals surface area contributed by atoms with Crippen LogP contribution in [-0.2, 0) is 22.7 Å². The van der Waals surface area contributed by atoms with Crippen LogP contribution in [0.3, 0.4) is 0 Å². The molecule has 5 heteroatoms. The van der Waals surface area contributed by atoms with E-state index in [1.165, 1.54) is 20.2 Å². The zero-order valence-electron chi connectivity index (χ0n) is 19.3. The Labute approximate surface area is 202 Å². The van der Waals surface area contributed by atoms with Crippen LogP contribution >= 0.6 is 11.3 Å². The summed E-state index contributed by atoms with van der Waals surface area (Å²) < 4.78 is 24.6. The van der Waals surface area contributed by atoms with E-state index < -0.39 is 11.4 Å². The first-order valence-electron chi connectivity index (χ1n) is 10.9. The lowest BCUT2D eigenvalue weighted by molar-refractivity contribution is 0.153. The first kappa shape index (κ1) is 23.5. The minimum Gasteiger partial charge on any atom is -0.591 e. The number of hydrogen-bond acceptors (Lipinski definition) is 4. The second-order valence-corrected chi connectivity index (χ2v) is 11.8. The fourth-order valence-electron chi connectivity index (χ4n) is 3.33. The molecule has 0 saturated carbocycles. The van der Waals surface area contributed by atoms with Crippen LogP contribution in [0.1, 0.15) is 44.4 Å². The Kier molecular flexibility index (Phi) is 7.21. The molecule has 1 aromatic heterocycles. The smallest absolute Gasteiger partial charge is 0.144 e. The molecule has 1 unspecified atom stereocenters. The van der Waals surface area contributed by atoms with Crippen molar-refractivity contribution < 1.29 is 9.29 Å². The third-order valence-corrected chi connectivity index (χ3v) is 7.79. The van der Waals surface area contributed by atoms with Gasteiger partial charge in [-0.15, -0.1) is 11.3 Å². The summed E-state index contributed by atoms with van der Waals surface area (Å²) in [6.45, 7) is 8.68. The molecule has 4 rings (SSSR count). The summed E-state index contributed by atoms with van der Waals surface area (Å²) in [5.74, 6) is 6.34. The van der Waals surface area contributed by atoms with Crippen molar-refractivity contribution in [3.63, 3.8) is 0 Å². The number of fused-ring (bicyclic) bond motifs is 3. The van der Waals surface area contributed by atoms with Gasteiger partial charge in [0.1, 0.15) is 22.7 Å². The summed E-state index contributed by atoms with van der Waals surface area (Å²) in [5.41, 5.74) is 3.89. The molecular formula is C28H27NO2S2. The first-order valence-corrected chi connectivity index (χ1v) is 12.8. The Morgan fingerprint density at radius 1 is 1.00 bits per heavy atom. The highest BCUT2D eigenvalue weighted by molar-refractivity contribution is 7.91. The van der Waals surface area contributed by atoms with Gasteiger partial charge < -0.3 is 9.29 Å². The molecule has 1 atom stereocenters. The Morgan fingerprint density at radius 2 is 1.70 bits per heavy atom. The molecule has 0 fully saturated rings. The van der Waals surface area contributed by atoms with Crippen molar-refractivity contribution >= 4 is 48.6 Å². The normalized spacial score (nSPS) is 13.2. The maximum Gasteiger partial charge on any atom is 0.144 e. The van der Waals surface area contributed by atoms with Gasteiger partial charge in [-0.2, -0.15) is 0 Å². The maximum atomic E-state index is 12.4. The highest BCUT2D eigenvalue weighted by Crippen LogP contribution is 2.35. The van der Waals surface area contributed by atoms with E-state index >= 15 is 0 Å². The second-order valence-electron chi connectivity index (χ2n) is 8.84. The van der Waals surface area contributed by atoms with Gasteiger partial charge >= 0.3 is 0 Å². The van der Waals surface area contributed by atoms with E-state index in [-0.39, 0.29) is 4.75 Å². The zero-order chi connectivity index (χ0) is 23.4. The molecule has 0 bridgehead atoms. The Balaban J connectivity index is 1.55. The quantitative estimate of drug-likeness (QED) is 0.137. The van der Waals surface area contributed by atoms with Gasteiger partial charge in [-0.3, -0.25) is 0 Å². The number of benzene rings is 3. The van der Waals surface area contributed by atoms with E-state index in [0.717, 1.165) is 22.4 Å². The largest absolute Gasteiger partial charge is 0.591 e. The third kappa shape index (κ3) is 5.85. The van der Waals surface area contributed by atoms with Crippen LogP contribution in [0.25, 0.3) is 20.2 Å². The Morgan fingerprint density at radius 3 is 2.42 bits per heavy atom. The molecule has 0 N–H and O–H groups in total. The number of thiophene rings is 1. The van der Waals surface area contributed by atoms with Crippen molar-refractivity contribution in [3.05, 3.63) is 83.4 Å². The fourth-order valence-corrected chi connectivity index (χ4v) is 5.02. The topological polar surface area (TPSA) is 44.7 Å². The van der Waals surface area contributed by atoms with Gasteiger partial charge in [-0.05, 0) is 63.6 Å². The van der Waals surface area contributed by atoms with E-state index in [1.54, 1.807) is 11.3 Å². The molecule has 0 saturated heterocycles. The summed E-state index contributed by atoms with van der Waals surface area (Å²) in [5, 5.41) is 2.35. The van der Waals surface area contributed by atoms with E-state index in [9.17, 15) is 4.55 Å². The van der Waals surface area contributed by atoms with Crippen LogP contribution < -0.4 is 0 Å². The SMILES string of the molecule is C/C(=N\[S+]([O-])C(C)(C)C)c1ccc2sc3ccc(C#CCOCc4ccccc4)cc3c2c1. The predicted molar refractivity (Wildman–Crippen MR) is 142 cm³/mol. The standard InChI is InChI=1S/C28H27NO2S2/c1-20(29-33(30)28(2,3)4)23-13-15-27-25(18-23)24-17-21(12-14-26(24)32-27)11-8-16-31-19-22-9-6-5-7-10-22/h5-7,9-10,12-15,17-18H,16,19H2,1-4H3/b29-20+. The summed E-state index contributed by atoms with van der Waals surface area (Å²) in [7, 11) is 0. The fraction of sp³-hybridized carbons (Fsp3) is 0.250. The molecule has 0 aliphatic rings. The minimum atomic E-state index is -1.28. The highest BCUT2D eigenvalue weighted by atomic mass is 32.2. The molecular weight excluding hydrogens is 446 g/mol. The highest BCUT2D eigenvalue weighted by Gasteiger charge is 2.26. The number of hydrogen-bond donors (Lipinski definition) is 0. The molecule has 4 aromatic rings. The van der Waals surface area contributed by atoms with E-state index in [1.807, 2.05) is 58.0 Å². The zero-order valence-corrected chi connectivity index (χ0v) is 21.0. The predicted octanol–water partition coefficient (Wildman–Crippen LogP) is 6.89. The lowest BCUT2D eigenvalue weighted by Gasteiger charge is -2.18. The Bertz CT molecular complexity index is 1360. The Hall–Kier alpha value is -2.62. The molecule has 33 heavy (non-hydrogen) atoms. The van der Waals surface area contributed by atoms with Crippen molar-refractivity contribution in [3.8, 4) is 11.8 Å². The number of ether oxygens (including phenoxy) is 1. The number of rotatable bonds is 5. The van der Waals surface area contributed by atoms with Crippen LogP contribution in [0.4, 0.5) is 0 Å². The van der Waals surface area contributed by atoms with Crippen LogP contribution in [0.5, 0.6) is 0 Å². The van der Waals surface area contributed by atoms with E-state index in [2.05, 4.69) is 52.6 Å². The molecule has 0 aliphatic carbocycles. The van der Waals surface area contributed by atoms with Crippen LogP contribution in [0.2, 0.25) is 0 Å². The van der Waals surface area contributed by atoms with Gasteiger partial charge in [-0.25, -0.2) is 0 Å². The van der Waals surface area contributed by atoms with Gasteiger partial charge in [0.2, 0.25) is 0 Å². The van der Waals surface area contributed by atoms with Gasteiger partial charge in [-0.1, -0.05) is 52.6 Å². The molecule has 168 valence electrons. The van der Waals surface area contributed by atoms with Crippen LogP contribution in [0, 0.1) is 11.8 Å². The maximum absolute atomic E-state index is 12.4. The molecule has 0 radical (unpaired) electrons. The van der Waals surface area contributed by atoms with E-state index in [4.69, 9.17) is 4.74 Å². The molecule has 0 aliphatic heterocycles. The molecule has 3 aromatic carbocycles. The van der Waals surface area contributed by atoms with Crippen molar-refractivity contribution in [1.29, 1.82) is 0 Å². The lowest BCUT2D eigenvalue weighted by atomic mass is 10.1. The summed E-state index contributed by atoms with van der Waals surface area (Å²) in [6, 6.07) is 22.8. The van der Waals surface area contributed by atoms with Gasteiger partial charge in [0.25, 0.3) is 0 Å². The molecule has 0 amide bonds. The van der Waals surface area contributed by atoms with Crippen molar-refractivity contribution in [2.24, 2.45) is 4.40 Å². The summed E-state index contributed by atoms with van der Waals surface area (Å²) >= 11 is 0.485. The molecule has 1 heterocycles. The van der Waals surface area contributed by atoms with Gasteiger partial charge in [0, 0.05) is 31.3 Å². The van der Waals surface area contributed by atoms with Gasteiger partial charge in [0.15, 0.2) is 0 Å². The van der Waals surface area contributed by atoms with Crippen LogP contribution in [-0.4, -0.2) is 21.6 Å². The van der Waals surface area contributed by atoms with Gasteiger partial charge in [0.05, 0.1) is 12.3 Å². The van der Waals surface area contributed by atoms with Crippen molar-refractivity contribution in [1.82, 2.24) is 0 Å². The van der Waals surface area contributed by atoms with Crippen LogP contribution in [0.15, 0.2) is 71.1 Å². The monoisotopic (exact) mass is 473 g/mol. The molecule has 3 nitrogen and oxygen atoms in total. The summed E-state index contributed by atoms with van der Waals surface area (Å²) in [4.78, 5) is 0. The molecule has 0 spiro atoms. The second kappa shape index (κ2) is 10.1.